The summed E-state index contributed by atoms with van der Waals surface area (Å²) in [7, 11) is 0. The molecule has 0 spiro atoms. The van der Waals surface area contributed by atoms with Gasteiger partial charge in [0.15, 0.2) is 10.0 Å². The van der Waals surface area contributed by atoms with Gasteiger partial charge in [-0.05, 0) is 6.92 Å². The summed E-state index contributed by atoms with van der Waals surface area (Å²) in [5.41, 5.74) is 2.15. The van der Waals surface area contributed by atoms with E-state index in [9.17, 15) is 4.79 Å². The fraction of sp³-hybridized carbons (Fsp3) is 0.250. The van der Waals surface area contributed by atoms with E-state index in [1.165, 1.54) is 23.1 Å². The number of hydrogen-bond donors (Lipinski definition) is 2. The van der Waals surface area contributed by atoms with Gasteiger partial charge >= 0.3 is 0 Å². The van der Waals surface area contributed by atoms with Crippen LogP contribution in [0.4, 0.5) is 0 Å². The van der Waals surface area contributed by atoms with E-state index in [-0.39, 0.29) is 5.69 Å². The minimum atomic E-state index is -0.475. The SMILES string of the molecule is Cc1nnc(SCc2cc(C(=O)NN)no2)s1. The molecule has 0 saturated carbocycles. The first kappa shape index (κ1) is 12.0. The minimum absolute atomic E-state index is 0.163. The van der Waals surface area contributed by atoms with Crippen LogP contribution in [0.3, 0.4) is 0 Å². The highest BCUT2D eigenvalue weighted by Crippen LogP contribution is 2.25. The molecule has 17 heavy (non-hydrogen) atoms. The van der Waals surface area contributed by atoms with Gasteiger partial charge in [0, 0.05) is 6.07 Å². The molecule has 9 heteroatoms. The van der Waals surface area contributed by atoms with Gasteiger partial charge in [0.25, 0.3) is 5.91 Å². The van der Waals surface area contributed by atoms with Crippen molar-refractivity contribution < 1.29 is 9.32 Å². The lowest BCUT2D eigenvalue weighted by Crippen LogP contribution is -2.30. The average molecular weight is 271 g/mol. The number of nitrogens with two attached hydrogens (primary N) is 1. The van der Waals surface area contributed by atoms with Crippen LogP contribution in [0.2, 0.25) is 0 Å². The molecule has 7 nitrogen and oxygen atoms in total. The lowest BCUT2D eigenvalue weighted by molar-refractivity contribution is 0.0944. The number of carbonyl (C=O) groups excluding carboxylic acids is 1. The zero-order chi connectivity index (χ0) is 12.3. The summed E-state index contributed by atoms with van der Waals surface area (Å²) < 4.78 is 5.84. The Balaban J connectivity index is 1.95. The Morgan fingerprint density at radius 1 is 1.65 bits per heavy atom. The Bertz CT molecular complexity index is 523. The fourth-order valence-electron chi connectivity index (χ4n) is 1.03. The van der Waals surface area contributed by atoms with E-state index < -0.39 is 5.91 Å². The Labute approximate surface area is 105 Å². The molecule has 90 valence electrons. The number of hydrazine groups is 1. The van der Waals surface area contributed by atoms with Crippen molar-refractivity contribution in [2.75, 3.05) is 0 Å². The highest BCUT2D eigenvalue weighted by molar-refractivity contribution is 8.00. The maximum atomic E-state index is 11.1. The largest absolute Gasteiger partial charge is 0.360 e. The van der Waals surface area contributed by atoms with E-state index in [4.69, 9.17) is 10.4 Å². The van der Waals surface area contributed by atoms with Crippen LogP contribution >= 0.6 is 23.1 Å². The summed E-state index contributed by atoms with van der Waals surface area (Å²) in [6, 6.07) is 1.54. The van der Waals surface area contributed by atoms with Crippen molar-refractivity contribution in [3.63, 3.8) is 0 Å². The van der Waals surface area contributed by atoms with Crippen molar-refractivity contribution in [1.82, 2.24) is 20.8 Å². The van der Waals surface area contributed by atoms with Gasteiger partial charge in [0.1, 0.15) is 10.8 Å². The number of amides is 1. The lowest BCUT2D eigenvalue weighted by Gasteiger charge is -1.90. The maximum Gasteiger partial charge on any atom is 0.287 e. The summed E-state index contributed by atoms with van der Waals surface area (Å²) in [6.45, 7) is 1.89. The van der Waals surface area contributed by atoms with Crippen LogP contribution in [-0.2, 0) is 5.75 Å². The Hall–Kier alpha value is -1.45. The molecule has 2 rings (SSSR count). The van der Waals surface area contributed by atoms with Crippen LogP contribution in [0.15, 0.2) is 14.9 Å². The van der Waals surface area contributed by atoms with Crippen LogP contribution in [-0.4, -0.2) is 21.3 Å². The van der Waals surface area contributed by atoms with Gasteiger partial charge in [0.05, 0.1) is 5.75 Å². The van der Waals surface area contributed by atoms with Gasteiger partial charge in [-0.15, -0.1) is 10.2 Å². The van der Waals surface area contributed by atoms with Gasteiger partial charge in [-0.25, -0.2) is 5.84 Å². The van der Waals surface area contributed by atoms with E-state index in [0.29, 0.717) is 11.5 Å². The molecule has 1 amide bonds. The zero-order valence-electron chi connectivity index (χ0n) is 8.84. The Kier molecular flexibility index (Phi) is 3.71. The maximum absolute atomic E-state index is 11.1. The Morgan fingerprint density at radius 3 is 3.12 bits per heavy atom. The topological polar surface area (TPSA) is 107 Å². The molecular weight excluding hydrogens is 262 g/mol. The van der Waals surface area contributed by atoms with Gasteiger partial charge in [0.2, 0.25) is 0 Å². The molecule has 3 N–H and O–H groups in total. The molecule has 2 heterocycles. The number of nitrogen functional groups attached to an aromatic ring is 1. The second kappa shape index (κ2) is 5.25. The van der Waals surface area contributed by atoms with E-state index in [1.807, 2.05) is 12.3 Å². The van der Waals surface area contributed by atoms with Crippen LogP contribution < -0.4 is 11.3 Å². The van der Waals surface area contributed by atoms with Crippen molar-refractivity contribution in [3.8, 4) is 0 Å². The molecule has 0 saturated heterocycles. The van der Waals surface area contributed by atoms with Crippen LogP contribution in [0.25, 0.3) is 0 Å². The number of carbonyl (C=O) groups is 1. The minimum Gasteiger partial charge on any atom is -0.360 e. The molecule has 0 aromatic carbocycles. The monoisotopic (exact) mass is 271 g/mol. The number of rotatable bonds is 4. The van der Waals surface area contributed by atoms with Gasteiger partial charge in [-0.2, -0.15) is 0 Å². The van der Waals surface area contributed by atoms with Crippen LogP contribution in [0.5, 0.6) is 0 Å². The van der Waals surface area contributed by atoms with Crippen molar-refractivity contribution in [2.24, 2.45) is 5.84 Å². The third-order valence-electron chi connectivity index (χ3n) is 1.77. The molecule has 0 fully saturated rings. The molecule has 0 radical (unpaired) electrons. The Morgan fingerprint density at radius 2 is 2.47 bits per heavy atom. The van der Waals surface area contributed by atoms with Gasteiger partial charge in [-0.3, -0.25) is 10.2 Å². The smallest absolute Gasteiger partial charge is 0.287 e. The predicted octanol–water partition coefficient (Wildman–Crippen LogP) is 0.730. The first-order chi connectivity index (χ1) is 8.19. The normalized spacial score (nSPS) is 10.5. The second-order valence-electron chi connectivity index (χ2n) is 3.03. The number of aryl methyl sites for hydroxylation is 1. The summed E-state index contributed by atoms with van der Waals surface area (Å²) >= 11 is 2.98. The average Bonchev–Trinajstić information content (AvgIpc) is 2.94. The number of aromatic nitrogens is 3. The quantitative estimate of drug-likeness (QED) is 0.365. The highest BCUT2D eigenvalue weighted by atomic mass is 32.2. The van der Waals surface area contributed by atoms with Crippen LogP contribution in [0, 0.1) is 6.92 Å². The molecule has 2 aromatic heterocycles. The summed E-state index contributed by atoms with van der Waals surface area (Å²) in [5, 5.41) is 12.4. The molecule has 0 aliphatic rings. The standard InChI is InChI=1S/C8H9N5O2S2/c1-4-11-12-8(17-4)16-3-5-2-6(13-15-5)7(14)10-9/h2H,3,9H2,1H3,(H,10,14). The summed E-state index contributed by atoms with van der Waals surface area (Å²) in [5.74, 6) is 5.63. The molecule has 2 aromatic rings. The van der Waals surface area contributed by atoms with Gasteiger partial charge in [-0.1, -0.05) is 28.3 Å². The van der Waals surface area contributed by atoms with E-state index in [0.717, 1.165) is 9.35 Å². The van der Waals surface area contributed by atoms with E-state index >= 15 is 0 Å². The van der Waals surface area contributed by atoms with Crippen molar-refractivity contribution in [1.29, 1.82) is 0 Å². The van der Waals surface area contributed by atoms with Crippen molar-refractivity contribution in [3.05, 3.63) is 22.5 Å². The van der Waals surface area contributed by atoms with Crippen LogP contribution in [0.1, 0.15) is 21.3 Å². The number of thioether (sulfide) groups is 1. The highest BCUT2D eigenvalue weighted by Gasteiger charge is 2.12. The van der Waals surface area contributed by atoms with Gasteiger partial charge < -0.3 is 4.52 Å². The van der Waals surface area contributed by atoms with Crippen molar-refractivity contribution >= 4 is 29.0 Å². The van der Waals surface area contributed by atoms with E-state index in [1.54, 1.807) is 6.07 Å². The number of nitrogens with one attached hydrogen (secondary N) is 1. The molecule has 0 bridgehead atoms. The molecule has 0 aliphatic carbocycles. The summed E-state index contributed by atoms with van der Waals surface area (Å²) in [4.78, 5) is 11.1. The summed E-state index contributed by atoms with van der Waals surface area (Å²) in [6.07, 6.45) is 0. The zero-order valence-corrected chi connectivity index (χ0v) is 10.5. The molecule has 0 unspecified atom stereocenters. The third kappa shape index (κ3) is 3.02. The first-order valence-electron chi connectivity index (χ1n) is 4.58. The predicted molar refractivity (Wildman–Crippen MR) is 62.4 cm³/mol. The van der Waals surface area contributed by atoms with Crippen molar-refractivity contribution in [2.45, 2.75) is 17.0 Å². The lowest BCUT2D eigenvalue weighted by atomic mass is 10.4. The second-order valence-corrected chi connectivity index (χ2v) is 5.43. The molecule has 0 atom stereocenters. The van der Waals surface area contributed by atoms with E-state index in [2.05, 4.69) is 15.4 Å². The first-order valence-corrected chi connectivity index (χ1v) is 6.38. The molecule has 0 aliphatic heterocycles. The fourth-order valence-corrected chi connectivity index (χ4v) is 2.72. The molecular formula is C8H9N5O2S2. The third-order valence-corrected chi connectivity index (χ3v) is 3.76. The number of hydrogen-bond acceptors (Lipinski definition) is 8. The number of nitrogens with zero attached hydrogens (tertiary/aromatic N) is 3.